The molecule has 3 aromatic heterocycles. The molecular weight excluding hydrogens is 346 g/mol. The van der Waals surface area contributed by atoms with Gasteiger partial charge >= 0.3 is 0 Å². The zero-order valence-corrected chi connectivity index (χ0v) is 14.9. The van der Waals surface area contributed by atoms with Crippen molar-refractivity contribution in [3.63, 3.8) is 0 Å². The van der Waals surface area contributed by atoms with Crippen LogP contribution in [0, 0.1) is 0 Å². The molecule has 0 fully saturated rings. The molecule has 3 rings (SSSR count). The number of carbonyl (C=O) groups excluding carboxylic acids is 1. The van der Waals surface area contributed by atoms with Gasteiger partial charge in [0.05, 0.1) is 25.0 Å². The van der Waals surface area contributed by atoms with Crippen LogP contribution in [0.4, 0.5) is 0 Å². The summed E-state index contributed by atoms with van der Waals surface area (Å²) in [5.74, 6) is -0.261. The van der Waals surface area contributed by atoms with E-state index in [-0.39, 0.29) is 12.5 Å². The van der Waals surface area contributed by atoms with Gasteiger partial charge < -0.3 is 25.7 Å². The molecule has 1 amide bonds. The molecule has 0 saturated carbocycles. The van der Waals surface area contributed by atoms with Crippen LogP contribution in [0.1, 0.15) is 33.1 Å². The van der Waals surface area contributed by atoms with Crippen molar-refractivity contribution >= 4 is 5.91 Å². The fourth-order valence-corrected chi connectivity index (χ4v) is 2.63. The standard InChI is InChI=1S/C18H23N7O2/c26-10-13-5-16(9-19-3-1-14-7-20-11-23-14)25-17(6-13)18(27)22-4-2-15-8-21-12-24-15/h5-8,11-12,19,26H,1-4,9-10H2,(H,20,23)(H,21,24)(H,22,27). The third kappa shape index (κ3) is 5.73. The lowest BCUT2D eigenvalue weighted by Gasteiger charge is -2.09. The summed E-state index contributed by atoms with van der Waals surface area (Å²) in [6.07, 6.45) is 8.25. The van der Waals surface area contributed by atoms with Crippen molar-refractivity contribution < 1.29 is 9.90 Å². The first kappa shape index (κ1) is 18.7. The second-order valence-electron chi connectivity index (χ2n) is 6.10. The Bertz CT molecular complexity index is 832. The van der Waals surface area contributed by atoms with Gasteiger partial charge in [-0.2, -0.15) is 0 Å². The van der Waals surface area contributed by atoms with Crippen molar-refractivity contribution in [1.29, 1.82) is 0 Å². The summed E-state index contributed by atoms with van der Waals surface area (Å²) in [4.78, 5) is 30.7. The molecule has 9 heteroatoms. The summed E-state index contributed by atoms with van der Waals surface area (Å²) < 4.78 is 0. The van der Waals surface area contributed by atoms with Crippen LogP contribution in [-0.4, -0.2) is 49.0 Å². The average Bonchev–Trinajstić information content (AvgIpc) is 3.39. The van der Waals surface area contributed by atoms with Crippen molar-refractivity contribution in [2.24, 2.45) is 0 Å². The highest BCUT2D eigenvalue weighted by Crippen LogP contribution is 2.07. The van der Waals surface area contributed by atoms with Gasteiger partial charge in [-0.3, -0.25) is 4.79 Å². The van der Waals surface area contributed by atoms with Gasteiger partial charge in [0.1, 0.15) is 5.69 Å². The number of aliphatic hydroxyl groups excluding tert-OH is 1. The molecule has 0 unspecified atom stereocenters. The van der Waals surface area contributed by atoms with Crippen LogP contribution in [0.25, 0.3) is 0 Å². The number of hydrogen-bond acceptors (Lipinski definition) is 6. The smallest absolute Gasteiger partial charge is 0.269 e. The molecule has 142 valence electrons. The predicted molar refractivity (Wildman–Crippen MR) is 98.8 cm³/mol. The number of nitrogens with one attached hydrogen (secondary N) is 4. The summed E-state index contributed by atoms with van der Waals surface area (Å²) >= 11 is 0. The van der Waals surface area contributed by atoms with Crippen LogP contribution < -0.4 is 10.6 Å². The fraction of sp³-hybridized carbons (Fsp3) is 0.333. The third-order valence-electron chi connectivity index (χ3n) is 4.02. The first-order valence-corrected chi connectivity index (χ1v) is 8.78. The van der Waals surface area contributed by atoms with Crippen LogP contribution in [-0.2, 0) is 26.0 Å². The average molecular weight is 369 g/mol. The highest BCUT2D eigenvalue weighted by Gasteiger charge is 2.10. The van der Waals surface area contributed by atoms with Gasteiger partial charge in [0.2, 0.25) is 0 Å². The highest BCUT2D eigenvalue weighted by molar-refractivity contribution is 5.92. The SMILES string of the molecule is O=C(NCCc1cnc[nH]1)c1cc(CO)cc(CNCCc2cnc[nH]2)n1. The number of rotatable bonds is 10. The molecule has 0 aliphatic heterocycles. The summed E-state index contributed by atoms with van der Waals surface area (Å²) in [6, 6.07) is 3.41. The van der Waals surface area contributed by atoms with E-state index < -0.39 is 0 Å². The lowest BCUT2D eigenvalue weighted by Crippen LogP contribution is -2.27. The largest absolute Gasteiger partial charge is 0.392 e. The van der Waals surface area contributed by atoms with Crippen molar-refractivity contribution in [1.82, 2.24) is 35.6 Å². The van der Waals surface area contributed by atoms with Crippen molar-refractivity contribution in [3.05, 3.63) is 65.5 Å². The van der Waals surface area contributed by atoms with Gasteiger partial charge in [0, 0.05) is 56.3 Å². The molecule has 3 heterocycles. The molecule has 0 radical (unpaired) electrons. The van der Waals surface area contributed by atoms with Gasteiger partial charge in [0.15, 0.2) is 0 Å². The lowest BCUT2D eigenvalue weighted by atomic mass is 10.2. The number of carbonyl (C=O) groups is 1. The maximum Gasteiger partial charge on any atom is 0.269 e. The molecule has 0 spiro atoms. The van der Waals surface area contributed by atoms with Gasteiger partial charge in [0.25, 0.3) is 5.91 Å². The van der Waals surface area contributed by atoms with E-state index in [1.807, 2.05) is 0 Å². The number of imidazole rings is 2. The number of aromatic nitrogens is 5. The molecule has 0 saturated heterocycles. The molecule has 0 aromatic carbocycles. The van der Waals surface area contributed by atoms with Crippen molar-refractivity contribution in [2.75, 3.05) is 13.1 Å². The minimum atomic E-state index is -0.261. The van der Waals surface area contributed by atoms with Crippen LogP contribution in [0.15, 0.2) is 37.2 Å². The number of aromatic amines is 2. The molecule has 5 N–H and O–H groups in total. The molecule has 27 heavy (non-hydrogen) atoms. The molecule has 3 aromatic rings. The van der Waals surface area contributed by atoms with E-state index >= 15 is 0 Å². The van der Waals surface area contributed by atoms with Crippen LogP contribution in [0.3, 0.4) is 0 Å². The Labute approximate surface area is 156 Å². The van der Waals surface area contributed by atoms with Gasteiger partial charge in [-0.1, -0.05) is 0 Å². The zero-order valence-electron chi connectivity index (χ0n) is 14.9. The first-order valence-electron chi connectivity index (χ1n) is 8.78. The zero-order chi connectivity index (χ0) is 18.9. The monoisotopic (exact) mass is 369 g/mol. The predicted octanol–water partition coefficient (Wildman–Crippen LogP) is 0.325. The van der Waals surface area contributed by atoms with E-state index in [1.165, 1.54) is 0 Å². The van der Waals surface area contributed by atoms with Crippen molar-refractivity contribution in [2.45, 2.75) is 26.0 Å². The van der Waals surface area contributed by atoms with Gasteiger partial charge in [-0.15, -0.1) is 0 Å². The van der Waals surface area contributed by atoms with E-state index in [9.17, 15) is 9.90 Å². The topological polar surface area (TPSA) is 132 Å². The van der Waals surface area contributed by atoms with Crippen LogP contribution >= 0.6 is 0 Å². The number of H-pyrrole nitrogens is 2. The molecule has 0 atom stereocenters. The third-order valence-corrected chi connectivity index (χ3v) is 4.02. The normalized spacial score (nSPS) is 10.9. The minimum Gasteiger partial charge on any atom is -0.392 e. The van der Waals surface area contributed by atoms with E-state index in [0.717, 1.165) is 24.4 Å². The molecule has 0 bridgehead atoms. The maximum absolute atomic E-state index is 12.4. The Balaban J connectivity index is 1.52. The second-order valence-corrected chi connectivity index (χ2v) is 6.10. The molecular formula is C18H23N7O2. The summed E-state index contributed by atoms with van der Waals surface area (Å²) in [5.41, 5.74) is 3.68. The summed E-state index contributed by atoms with van der Waals surface area (Å²) in [5, 5.41) is 15.6. The number of aliphatic hydroxyl groups is 1. The van der Waals surface area contributed by atoms with Crippen LogP contribution in [0.5, 0.6) is 0 Å². The van der Waals surface area contributed by atoms with Crippen molar-refractivity contribution in [3.8, 4) is 0 Å². The van der Waals surface area contributed by atoms with E-state index in [4.69, 9.17) is 0 Å². The summed E-state index contributed by atoms with van der Waals surface area (Å²) in [6.45, 7) is 1.59. The quantitative estimate of drug-likeness (QED) is 0.327. The first-order chi connectivity index (χ1) is 13.2. The Kier molecular flexibility index (Phi) is 6.66. The Morgan fingerprint density at radius 3 is 2.37 bits per heavy atom. The second kappa shape index (κ2) is 9.60. The summed E-state index contributed by atoms with van der Waals surface area (Å²) in [7, 11) is 0. The highest BCUT2D eigenvalue weighted by atomic mass is 16.3. The van der Waals surface area contributed by atoms with Crippen LogP contribution in [0.2, 0.25) is 0 Å². The maximum atomic E-state index is 12.4. The number of hydrogen-bond donors (Lipinski definition) is 5. The lowest BCUT2D eigenvalue weighted by molar-refractivity contribution is 0.0948. The van der Waals surface area contributed by atoms with Gasteiger partial charge in [-0.05, 0) is 17.7 Å². The van der Waals surface area contributed by atoms with E-state index in [1.54, 1.807) is 37.2 Å². The number of nitrogens with zero attached hydrogens (tertiary/aromatic N) is 3. The number of amides is 1. The Morgan fingerprint density at radius 2 is 1.74 bits per heavy atom. The number of pyridine rings is 1. The molecule has 0 aliphatic rings. The fourth-order valence-electron chi connectivity index (χ4n) is 2.63. The van der Waals surface area contributed by atoms with E-state index in [0.29, 0.717) is 36.5 Å². The Hall–Kier alpha value is -3.04. The minimum absolute atomic E-state index is 0.141. The molecule has 0 aliphatic carbocycles. The van der Waals surface area contributed by atoms with E-state index in [2.05, 4.69) is 35.6 Å². The Morgan fingerprint density at radius 1 is 1.04 bits per heavy atom. The molecule has 9 nitrogen and oxygen atoms in total. The van der Waals surface area contributed by atoms with Gasteiger partial charge in [-0.25, -0.2) is 15.0 Å².